The molecule has 156 valence electrons. The van der Waals surface area contributed by atoms with Gasteiger partial charge in [0.25, 0.3) is 5.91 Å². The number of ether oxygens (including phenoxy) is 1. The van der Waals surface area contributed by atoms with E-state index in [-0.39, 0.29) is 12.0 Å². The summed E-state index contributed by atoms with van der Waals surface area (Å²) in [6, 6.07) is -0.147. The Hall–Kier alpha value is -2.24. The highest BCUT2D eigenvalue weighted by Gasteiger charge is 2.32. The highest BCUT2D eigenvalue weighted by atomic mass is 32.2. The summed E-state index contributed by atoms with van der Waals surface area (Å²) in [4.78, 5) is 32.6. The highest BCUT2D eigenvalue weighted by Crippen LogP contribution is 2.28. The average molecular weight is 421 g/mol. The second-order valence-electron chi connectivity index (χ2n) is 6.25. The molecule has 1 aliphatic rings. The summed E-state index contributed by atoms with van der Waals surface area (Å²) in [6.45, 7) is 0.949. The van der Waals surface area contributed by atoms with E-state index in [0.29, 0.717) is 38.1 Å². The zero-order valence-electron chi connectivity index (χ0n) is 15.2. The number of carbonyl (C=O) groups is 2. The normalized spacial score (nSPS) is 16.5. The Bertz CT molecular complexity index is 666. The van der Waals surface area contributed by atoms with Crippen molar-refractivity contribution in [1.82, 2.24) is 15.3 Å². The first-order valence-electron chi connectivity index (χ1n) is 8.60. The van der Waals surface area contributed by atoms with Crippen LogP contribution < -0.4 is 16.0 Å². The molecule has 28 heavy (non-hydrogen) atoms. The number of hydrogen-bond acceptors (Lipinski definition) is 7. The van der Waals surface area contributed by atoms with Crippen LogP contribution in [0.25, 0.3) is 0 Å². The minimum absolute atomic E-state index is 0.147. The molecular formula is C16H22F3N5O3S. The highest BCUT2D eigenvalue weighted by molar-refractivity contribution is 7.98. The monoisotopic (exact) mass is 421 g/mol. The fourth-order valence-electron chi connectivity index (χ4n) is 2.76. The number of nitrogens with two attached hydrogens (primary N) is 1. The summed E-state index contributed by atoms with van der Waals surface area (Å²) in [5, 5.41) is 2.84. The first-order chi connectivity index (χ1) is 13.2. The van der Waals surface area contributed by atoms with Crippen molar-refractivity contribution < 1.29 is 27.5 Å². The molecule has 1 aromatic heterocycles. The Morgan fingerprint density at radius 2 is 1.96 bits per heavy atom. The maximum absolute atomic E-state index is 12.6. The minimum Gasteiger partial charge on any atom is -0.436 e. The summed E-state index contributed by atoms with van der Waals surface area (Å²) >= 11 is 1.52. The number of nitrogens with zero attached hydrogens (tertiary/aromatic N) is 3. The van der Waals surface area contributed by atoms with E-state index in [2.05, 4.69) is 15.3 Å². The van der Waals surface area contributed by atoms with Gasteiger partial charge in [-0.15, -0.1) is 0 Å². The SMILES string of the molecule is CSCC[C@@H](OC(N)=O)C(=O)NC1CCN(c2ncc(C(F)(F)F)cn2)CC1. The quantitative estimate of drug-likeness (QED) is 0.691. The molecule has 0 bridgehead atoms. The van der Waals surface area contributed by atoms with E-state index < -0.39 is 29.8 Å². The number of alkyl halides is 3. The van der Waals surface area contributed by atoms with Gasteiger partial charge in [-0.25, -0.2) is 14.8 Å². The first-order valence-corrected chi connectivity index (χ1v) is 9.99. The lowest BCUT2D eigenvalue weighted by atomic mass is 10.0. The fourth-order valence-corrected chi connectivity index (χ4v) is 3.21. The van der Waals surface area contributed by atoms with Gasteiger partial charge in [-0.3, -0.25) is 4.79 Å². The topological polar surface area (TPSA) is 110 Å². The average Bonchev–Trinajstić information content (AvgIpc) is 2.65. The van der Waals surface area contributed by atoms with E-state index in [0.717, 1.165) is 12.4 Å². The van der Waals surface area contributed by atoms with Gasteiger partial charge in [-0.05, 0) is 24.9 Å². The molecule has 3 N–H and O–H groups in total. The number of aromatic nitrogens is 2. The molecule has 2 heterocycles. The molecule has 0 aromatic carbocycles. The van der Waals surface area contributed by atoms with Gasteiger partial charge in [0.15, 0.2) is 6.10 Å². The lowest BCUT2D eigenvalue weighted by Gasteiger charge is -2.33. The van der Waals surface area contributed by atoms with Crippen molar-refractivity contribution in [1.29, 1.82) is 0 Å². The third-order valence-electron chi connectivity index (χ3n) is 4.22. The van der Waals surface area contributed by atoms with Crippen molar-refractivity contribution in [2.24, 2.45) is 5.73 Å². The van der Waals surface area contributed by atoms with Gasteiger partial charge in [-0.2, -0.15) is 24.9 Å². The van der Waals surface area contributed by atoms with Crippen LogP contribution in [0.4, 0.5) is 23.9 Å². The maximum atomic E-state index is 12.6. The van der Waals surface area contributed by atoms with Crippen molar-refractivity contribution in [2.45, 2.75) is 37.6 Å². The van der Waals surface area contributed by atoms with Crippen LogP contribution in [0.5, 0.6) is 0 Å². The third-order valence-corrected chi connectivity index (χ3v) is 4.87. The number of anilines is 1. The molecule has 1 fully saturated rings. The number of rotatable bonds is 7. The molecule has 8 nitrogen and oxygen atoms in total. The van der Waals surface area contributed by atoms with Gasteiger partial charge in [0.1, 0.15) is 0 Å². The molecule has 1 atom stereocenters. The van der Waals surface area contributed by atoms with E-state index >= 15 is 0 Å². The molecule has 2 amide bonds. The molecule has 1 aliphatic heterocycles. The maximum Gasteiger partial charge on any atom is 0.419 e. The smallest absolute Gasteiger partial charge is 0.419 e. The number of nitrogens with one attached hydrogen (secondary N) is 1. The van der Waals surface area contributed by atoms with Gasteiger partial charge in [-0.1, -0.05) is 0 Å². The molecule has 0 saturated carbocycles. The Kier molecular flexibility index (Phi) is 7.72. The zero-order valence-corrected chi connectivity index (χ0v) is 16.1. The van der Waals surface area contributed by atoms with Gasteiger partial charge in [0, 0.05) is 37.9 Å². The Balaban J connectivity index is 1.87. The molecule has 1 aromatic rings. The van der Waals surface area contributed by atoms with Crippen LogP contribution in [-0.4, -0.2) is 59.2 Å². The van der Waals surface area contributed by atoms with Crippen LogP contribution in [0, 0.1) is 0 Å². The van der Waals surface area contributed by atoms with Gasteiger partial charge in [0.05, 0.1) is 5.56 Å². The molecule has 0 spiro atoms. The van der Waals surface area contributed by atoms with Crippen LogP contribution in [0.15, 0.2) is 12.4 Å². The van der Waals surface area contributed by atoms with Crippen molar-refractivity contribution in [2.75, 3.05) is 30.0 Å². The molecule has 2 rings (SSSR count). The van der Waals surface area contributed by atoms with E-state index in [1.807, 2.05) is 6.26 Å². The summed E-state index contributed by atoms with van der Waals surface area (Å²) in [5.41, 5.74) is 4.12. The van der Waals surface area contributed by atoms with Crippen LogP contribution in [0.1, 0.15) is 24.8 Å². The summed E-state index contributed by atoms with van der Waals surface area (Å²) in [7, 11) is 0. The number of halogens is 3. The summed E-state index contributed by atoms with van der Waals surface area (Å²) < 4.78 is 42.6. The lowest BCUT2D eigenvalue weighted by Crippen LogP contribution is -2.49. The largest absolute Gasteiger partial charge is 0.436 e. The van der Waals surface area contributed by atoms with Gasteiger partial charge in [0.2, 0.25) is 5.95 Å². The molecule has 0 radical (unpaired) electrons. The minimum atomic E-state index is -4.48. The lowest BCUT2D eigenvalue weighted by molar-refractivity contribution is -0.138. The Labute approximate surface area is 164 Å². The number of primary amides is 1. The van der Waals surface area contributed by atoms with E-state index in [4.69, 9.17) is 10.5 Å². The molecule has 0 unspecified atom stereocenters. The molecule has 1 saturated heterocycles. The molecule has 0 aliphatic carbocycles. The van der Waals surface area contributed by atoms with Crippen LogP contribution in [-0.2, 0) is 15.7 Å². The Morgan fingerprint density at radius 3 is 2.46 bits per heavy atom. The first kappa shape index (κ1) is 22.1. The van der Waals surface area contributed by atoms with E-state index in [1.165, 1.54) is 11.8 Å². The van der Waals surface area contributed by atoms with E-state index in [9.17, 15) is 22.8 Å². The number of hydrogen-bond donors (Lipinski definition) is 2. The number of carbonyl (C=O) groups excluding carboxylic acids is 2. The predicted octanol–water partition coefficient (Wildman–Crippen LogP) is 1.80. The van der Waals surface area contributed by atoms with Crippen LogP contribution >= 0.6 is 11.8 Å². The van der Waals surface area contributed by atoms with Gasteiger partial charge >= 0.3 is 12.3 Å². The summed E-state index contributed by atoms with van der Waals surface area (Å²) in [6.07, 6.45) is -1.57. The fraction of sp³-hybridized carbons (Fsp3) is 0.625. The number of piperidine rings is 1. The third kappa shape index (κ3) is 6.43. The second kappa shape index (κ2) is 9.80. The summed E-state index contributed by atoms with van der Waals surface area (Å²) in [5.74, 6) is 0.444. The molecule has 12 heteroatoms. The van der Waals surface area contributed by atoms with Crippen molar-refractivity contribution >= 4 is 29.7 Å². The van der Waals surface area contributed by atoms with Crippen molar-refractivity contribution in [3.05, 3.63) is 18.0 Å². The Morgan fingerprint density at radius 1 is 1.36 bits per heavy atom. The van der Waals surface area contributed by atoms with Crippen molar-refractivity contribution in [3.63, 3.8) is 0 Å². The van der Waals surface area contributed by atoms with Gasteiger partial charge < -0.3 is 20.7 Å². The number of thioether (sulfide) groups is 1. The van der Waals surface area contributed by atoms with Crippen LogP contribution in [0.2, 0.25) is 0 Å². The van der Waals surface area contributed by atoms with E-state index in [1.54, 1.807) is 4.90 Å². The van der Waals surface area contributed by atoms with Crippen molar-refractivity contribution in [3.8, 4) is 0 Å². The zero-order chi connectivity index (χ0) is 20.7. The number of amides is 2. The standard InChI is InChI=1S/C16H22F3N5O3S/c1-28-7-4-12(27-14(20)26)13(25)23-11-2-5-24(6-3-11)15-21-8-10(9-22-15)16(17,18)19/h8-9,11-12H,2-7H2,1H3,(H2,20,26)(H,23,25)/t12-/m1/s1. The second-order valence-corrected chi connectivity index (χ2v) is 7.23. The predicted molar refractivity (Wildman–Crippen MR) is 97.9 cm³/mol. The van der Waals surface area contributed by atoms with Crippen LogP contribution in [0.3, 0.4) is 0 Å². The molecular weight excluding hydrogens is 399 g/mol.